The maximum atomic E-state index is 11.7. The van der Waals surface area contributed by atoms with Crippen molar-refractivity contribution in [3.8, 4) is 0 Å². The first-order chi connectivity index (χ1) is 9.03. The summed E-state index contributed by atoms with van der Waals surface area (Å²) in [6.45, 7) is 4.36. The van der Waals surface area contributed by atoms with E-state index in [1.165, 1.54) is 0 Å². The highest BCUT2D eigenvalue weighted by atomic mass is 32.2. The van der Waals surface area contributed by atoms with Gasteiger partial charge >= 0.3 is 5.97 Å². The average Bonchev–Trinajstić information content (AvgIpc) is 2.39. The van der Waals surface area contributed by atoms with Gasteiger partial charge in [-0.3, -0.25) is 0 Å². The molecule has 0 aliphatic carbocycles. The summed E-state index contributed by atoms with van der Waals surface area (Å²) in [4.78, 5) is 11.7. The lowest BCUT2D eigenvalue weighted by Crippen LogP contribution is -2.49. The third kappa shape index (κ3) is 4.25. The number of carboxylic acids is 1. The number of carboxylic acid groups (broad SMARTS) is 1. The summed E-state index contributed by atoms with van der Waals surface area (Å²) in [5.74, 6) is 1.35. The molecule has 1 unspecified atom stereocenters. The first-order valence-corrected chi connectivity index (χ1v) is 7.74. The van der Waals surface area contributed by atoms with Crippen LogP contribution in [0.15, 0.2) is 30.3 Å². The Hall–Kier alpha value is -1.00. The van der Waals surface area contributed by atoms with Gasteiger partial charge in [0, 0.05) is 5.75 Å². The van der Waals surface area contributed by atoms with Crippen LogP contribution >= 0.6 is 11.8 Å². The maximum Gasteiger partial charge on any atom is 0.329 e. The van der Waals surface area contributed by atoms with E-state index in [0.29, 0.717) is 11.7 Å². The molecule has 0 radical (unpaired) electrons. The van der Waals surface area contributed by atoms with Crippen molar-refractivity contribution in [2.75, 3.05) is 18.6 Å². The Bertz CT molecular complexity index is 394. The molecule has 19 heavy (non-hydrogen) atoms. The second-order valence-corrected chi connectivity index (χ2v) is 6.17. The molecule has 0 aliphatic heterocycles. The lowest BCUT2D eigenvalue weighted by Gasteiger charge is -2.29. The third-order valence-electron chi connectivity index (χ3n) is 3.22. The molecule has 0 amide bonds. The van der Waals surface area contributed by atoms with Crippen LogP contribution in [0.5, 0.6) is 0 Å². The van der Waals surface area contributed by atoms with Gasteiger partial charge in [-0.2, -0.15) is 11.8 Å². The summed E-state index contributed by atoms with van der Waals surface area (Å²) >= 11 is 1.69. The monoisotopic (exact) mass is 281 g/mol. The van der Waals surface area contributed by atoms with Gasteiger partial charge in [0.05, 0.1) is 0 Å². The molecule has 0 bridgehead atoms. The van der Waals surface area contributed by atoms with Gasteiger partial charge in [-0.05, 0) is 30.7 Å². The van der Waals surface area contributed by atoms with Crippen molar-refractivity contribution < 1.29 is 9.90 Å². The van der Waals surface area contributed by atoms with Crippen molar-refractivity contribution in [1.82, 2.24) is 5.32 Å². The summed E-state index contributed by atoms with van der Waals surface area (Å²) in [7, 11) is 1.71. The summed E-state index contributed by atoms with van der Waals surface area (Å²) in [6, 6.07) is 9.39. The third-order valence-corrected chi connectivity index (χ3v) is 4.38. The van der Waals surface area contributed by atoms with Gasteiger partial charge in [0.15, 0.2) is 5.54 Å². The smallest absolute Gasteiger partial charge is 0.329 e. The Kier molecular flexibility index (Phi) is 6.38. The zero-order valence-electron chi connectivity index (χ0n) is 11.8. The Balaban J connectivity index is 2.80. The van der Waals surface area contributed by atoms with Crippen molar-refractivity contribution in [3.05, 3.63) is 35.9 Å². The topological polar surface area (TPSA) is 49.3 Å². The van der Waals surface area contributed by atoms with E-state index in [4.69, 9.17) is 0 Å². The largest absolute Gasteiger partial charge is 0.480 e. The lowest BCUT2D eigenvalue weighted by molar-refractivity contribution is -0.144. The van der Waals surface area contributed by atoms with Crippen molar-refractivity contribution >= 4 is 17.7 Å². The van der Waals surface area contributed by atoms with Gasteiger partial charge < -0.3 is 10.4 Å². The molecule has 0 saturated carbocycles. The molecule has 0 aromatic heterocycles. The molecule has 0 spiro atoms. The Labute approximate surface area is 119 Å². The quantitative estimate of drug-likeness (QED) is 0.719. The lowest BCUT2D eigenvalue weighted by atomic mass is 9.92. The standard InChI is InChI=1S/C15H23NO2S/c1-12(2)9-10-19-11-15(16-3,14(17)18)13-7-5-4-6-8-13/h4-8,12,16H,9-11H2,1-3H3,(H,17,18). The number of nitrogens with one attached hydrogen (secondary N) is 1. The SMILES string of the molecule is CNC(CSCCC(C)C)(C(=O)O)c1ccccc1. The zero-order chi connectivity index (χ0) is 14.3. The van der Waals surface area contributed by atoms with Crippen LogP contribution in [0.25, 0.3) is 0 Å². The van der Waals surface area contributed by atoms with Crippen LogP contribution < -0.4 is 5.32 Å². The fourth-order valence-corrected chi connectivity index (χ4v) is 3.38. The minimum absolute atomic E-state index is 0.537. The number of hydrogen-bond acceptors (Lipinski definition) is 3. The molecule has 1 atom stereocenters. The summed E-state index contributed by atoms with van der Waals surface area (Å²) in [5, 5.41) is 12.6. The molecule has 106 valence electrons. The van der Waals surface area contributed by atoms with Crippen LogP contribution in [-0.4, -0.2) is 29.6 Å². The number of rotatable bonds is 8. The number of carbonyl (C=O) groups is 1. The highest BCUT2D eigenvalue weighted by Crippen LogP contribution is 2.26. The van der Waals surface area contributed by atoms with Crippen LogP contribution in [-0.2, 0) is 10.3 Å². The van der Waals surface area contributed by atoms with E-state index < -0.39 is 11.5 Å². The minimum Gasteiger partial charge on any atom is -0.480 e. The van der Waals surface area contributed by atoms with Crippen LogP contribution in [0.3, 0.4) is 0 Å². The number of likely N-dealkylation sites (N-methyl/N-ethyl adjacent to an activating group) is 1. The van der Waals surface area contributed by atoms with Crippen LogP contribution in [0.1, 0.15) is 25.8 Å². The first kappa shape index (κ1) is 16.1. The second-order valence-electron chi connectivity index (χ2n) is 5.06. The fourth-order valence-electron chi connectivity index (χ4n) is 1.86. The molecule has 0 fully saturated rings. The van der Waals surface area contributed by atoms with Crippen LogP contribution in [0, 0.1) is 5.92 Å². The molecule has 1 aromatic carbocycles. The molecule has 2 N–H and O–H groups in total. The fraction of sp³-hybridized carbons (Fsp3) is 0.533. The van der Waals surface area contributed by atoms with Crippen molar-refractivity contribution in [3.63, 3.8) is 0 Å². The van der Waals surface area contributed by atoms with E-state index >= 15 is 0 Å². The highest BCUT2D eigenvalue weighted by molar-refractivity contribution is 7.99. The van der Waals surface area contributed by atoms with Gasteiger partial charge in [-0.15, -0.1) is 0 Å². The van der Waals surface area contributed by atoms with E-state index in [0.717, 1.165) is 17.7 Å². The van der Waals surface area contributed by atoms with Crippen molar-refractivity contribution in [1.29, 1.82) is 0 Å². The molecule has 3 nitrogen and oxygen atoms in total. The summed E-state index contributed by atoms with van der Waals surface area (Å²) in [6.07, 6.45) is 1.11. The second kappa shape index (κ2) is 7.56. The van der Waals surface area contributed by atoms with E-state index in [-0.39, 0.29) is 0 Å². The Morgan fingerprint density at radius 3 is 2.47 bits per heavy atom. The minimum atomic E-state index is -0.997. The number of hydrogen-bond donors (Lipinski definition) is 2. The molecule has 1 aromatic rings. The normalized spacial score (nSPS) is 14.3. The van der Waals surface area contributed by atoms with E-state index in [2.05, 4.69) is 19.2 Å². The predicted molar refractivity (Wildman–Crippen MR) is 81.6 cm³/mol. The number of benzene rings is 1. The molecule has 1 rings (SSSR count). The summed E-state index contributed by atoms with van der Waals surface area (Å²) < 4.78 is 0. The van der Waals surface area contributed by atoms with Crippen molar-refractivity contribution in [2.24, 2.45) is 5.92 Å². The van der Waals surface area contributed by atoms with Gasteiger partial charge in [0.1, 0.15) is 0 Å². The molecular formula is C15H23NO2S. The Morgan fingerprint density at radius 2 is 2.00 bits per heavy atom. The molecule has 0 heterocycles. The van der Waals surface area contributed by atoms with Crippen LogP contribution in [0.2, 0.25) is 0 Å². The average molecular weight is 281 g/mol. The molecule has 0 aliphatic rings. The van der Waals surface area contributed by atoms with Crippen molar-refractivity contribution in [2.45, 2.75) is 25.8 Å². The number of aliphatic carboxylic acids is 1. The van der Waals surface area contributed by atoms with E-state index in [9.17, 15) is 9.90 Å². The van der Waals surface area contributed by atoms with Gasteiger partial charge in [-0.25, -0.2) is 4.79 Å². The van der Waals surface area contributed by atoms with Gasteiger partial charge in [0.25, 0.3) is 0 Å². The molecule has 0 saturated heterocycles. The van der Waals surface area contributed by atoms with Crippen LogP contribution in [0.4, 0.5) is 0 Å². The Morgan fingerprint density at radius 1 is 1.37 bits per heavy atom. The van der Waals surface area contributed by atoms with Gasteiger partial charge in [0.2, 0.25) is 0 Å². The first-order valence-electron chi connectivity index (χ1n) is 6.58. The zero-order valence-corrected chi connectivity index (χ0v) is 12.7. The van der Waals surface area contributed by atoms with E-state index in [1.807, 2.05) is 30.3 Å². The highest BCUT2D eigenvalue weighted by Gasteiger charge is 2.38. The maximum absolute atomic E-state index is 11.7. The molecule has 4 heteroatoms. The predicted octanol–water partition coefficient (Wildman–Crippen LogP) is 2.97. The van der Waals surface area contributed by atoms with Gasteiger partial charge in [-0.1, -0.05) is 44.2 Å². The van der Waals surface area contributed by atoms with E-state index in [1.54, 1.807) is 18.8 Å². The molecular weight excluding hydrogens is 258 g/mol. The summed E-state index contributed by atoms with van der Waals surface area (Å²) in [5.41, 5.74) is -0.190. The number of thioether (sulfide) groups is 1.